The van der Waals surface area contributed by atoms with Gasteiger partial charge in [-0.3, -0.25) is 10.1 Å². The van der Waals surface area contributed by atoms with Crippen LogP contribution >= 0.6 is 11.3 Å². The number of nitrogens with two attached hydrogens (primary N) is 1. The van der Waals surface area contributed by atoms with E-state index in [1.165, 1.54) is 5.56 Å². The van der Waals surface area contributed by atoms with Crippen LogP contribution in [0.3, 0.4) is 0 Å². The summed E-state index contributed by atoms with van der Waals surface area (Å²) in [7, 11) is 0. The van der Waals surface area contributed by atoms with Crippen LogP contribution in [0.2, 0.25) is 0 Å². The number of aromatic nitrogens is 1. The Bertz CT molecular complexity index is 741. The summed E-state index contributed by atoms with van der Waals surface area (Å²) in [4.78, 5) is 28.8. The van der Waals surface area contributed by atoms with Gasteiger partial charge in [-0.15, -0.1) is 11.3 Å². The lowest BCUT2D eigenvalue weighted by Crippen LogP contribution is -2.41. The van der Waals surface area contributed by atoms with Gasteiger partial charge in [0.05, 0.1) is 17.2 Å². The van der Waals surface area contributed by atoms with E-state index in [-0.39, 0.29) is 12.5 Å². The minimum atomic E-state index is -0.821. The standard InChI is InChI=1S/C15H16N4O2S/c1-9-17-12(8-22-9)10-2-3-13-11(6-10)4-5-19(13)7-14(20)18-15(16)21/h2-3,6,8H,4-5,7H2,1H3,(H3,16,18,20,21). The largest absolute Gasteiger partial charge is 0.362 e. The second kappa shape index (κ2) is 5.76. The number of nitrogens with one attached hydrogen (secondary N) is 1. The van der Waals surface area contributed by atoms with Gasteiger partial charge in [-0.05, 0) is 31.0 Å². The average molecular weight is 316 g/mol. The molecule has 1 aromatic heterocycles. The van der Waals surface area contributed by atoms with Crippen LogP contribution in [-0.2, 0) is 11.2 Å². The van der Waals surface area contributed by atoms with E-state index in [2.05, 4.69) is 16.4 Å². The molecule has 0 saturated heterocycles. The van der Waals surface area contributed by atoms with Crippen LogP contribution < -0.4 is 16.0 Å². The van der Waals surface area contributed by atoms with E-state index in [9.17, 15) is 9.59 Å². The number of benzene rings is 1. The van der Waals surface area contributed by atoms with Crippen molar-refractivity contribution in [2.24, 2.45) is 5.73 Å². The number of aryl methyl sites for hydroxylation is 1. The molecule has 0 radical (unpaired) electrons. The normalized spacial score (nSPS) is 13.0. The number of carbonyl (C=O) groups is 2. The number of fused-ring (bicyclic) bond motifs is 1. The van der Waals surface area contributed by atoms with E-state index in [0.29, 0.717) is 0 Å². The molecule has 0 bridgehead atoms. The molecule has 114 valence electrons. The van der Waals surface area contributed by atoms with Gasteiger partial charge in [-0.2, -0.15) is 0 Å². The van der Waals surface area contributed by atoms with Gasteiger partial charge in [0.15, 0.2) is 0 Å². The highest BCUT2D eigenvalue weighted by molar-refractivity contribution is 7.09. The molecule has 3 amide bonds. The number of primary amides is 1. The van der Waals surface area contributed by atoms with Crippen LogP contribution in [0, 0.1) is 6.92 Å². The number of rotatable bonds is 3. The first kappa shape index (κ1) is 14.5. The van der Waals surface area contributed by atoms with Gasteiger partial charge in [-0.1, -0.05) is 6.07 Å². The monoisotopic (exact) mass is 316 g/mol. The van der Waals surface area contributed by atoms with Crippen LogP contribution in [0.4, 0.5) is 10.5 Å². The first-order chi connectivity index (χ1) is 10.5. The first-order valence-corrected chi connectivity index (χ1v) is 7.80. The summed E-state index contributed by atoms with van der Waals surface area (Å²) < 4.78 is 0. The number of carbonyl (C=O) groups excluding carboxylic acids is 2. The average Bonchev–Trinajstić information content (AvgIpc) is 3.04. The summed E-state index contributed by atoms with van der Waals surface area (Å²) in [5, 5.41) is 5.18. The third-order valence-electron chi connectivity index (χ3n) is 3.58. The predicted octanol–water partition coefficient (Wildman–Crippen LogP) is 1.68. The van der Waals surface area contributed by atoms with E-state index in [1.807, 2.05) is 29.3 Å². The Morgan fingerprint density at radius 1 is 1.45 bits per heavy atom. The second-order valence-corrected chi connectivity index (χ2v) is 6.24. The molecule has 0 fully saturated rings. The molecule has 2 aromatic rings. The highest BCUT2D eigenvalue weighted by Crippen LogP contribution is 2.32. The van der Waals surface area contributed by atoms with E-state index in [1.54, 1.807) is 11.3 Å². The number of thiazole rings is 1. The third kappa shape index (κ3) is 2.94. The second-order valence-electron chi connectivity index (χ2n) is 5.18. The number of amides is 3. The Hall–Kier alpha value is -2.41. The summed E-state index contributed by atoms with van der Waals surface area (Å²) in [6.07, 6.45) is 0.871. The third-order valence-corrected chi connectivity index (χ3v) is 4.36. The molecule has 7 heteroatoms. The Morgan fingerprint density at radius 3 is 2.95 bits per heavy atom. The van der Waals surface area contributed by atoms with Crippen molar-refractivity contribution in [3.63, 3.8) is 0 Å². The molecule has 0 unspecified atom stereocenters. The fourth-order valence-corrected chi connectivity index (χ4v) is 3.26. The van der Waals surface area contributed by atoms with Crippen LogP contribution in [0.5, 0.6) is 0 Å². The molecule has 0 saturated carbocycles. The maximum atomic E-state index is 11.6. The summed E-state index contributed by atoms with van der Waals surface area (Å²) in [6.45, 7) is 2.87. The Morgan fingerprint density at radius 2 is 2.27 bits per heavy atom. The minimum Gasteiger partial charge on any atom is -0.362 e. The zero-order chi connectivity index (χ0) is 15.7. The van der Waals surface area contributed by atoms with Crippen LogP contribution in [0.25, 0.3) is 11.3 Å². The molecule has 6 nitrogen and oxygen atoms in total. The summed E-state index contributed by atoms with van der Waals surface area (Å²) in [5.41, 5.74) is 9.24. The highest BCUT2D eigenvalue weighted by Gasteiger charge is 2.22. The fraction of sp³-hybridized carbons (Fsp3) is 0.267. The molecule has 22 heavy (non-hydrogen) atoms. The molecule has 1 aromatic carbocycles. The van der Waals surface area contributed by atoms with E-state index in [0.717, 1.165) is 34.9 Å². The fourth-order valence-electron chi connectivity index (χ4n) is 2.64. The maximum Gasteiger partial charge on any atom is 0.318 e. The molecule has 3 rings (SSSR count). The van der Waals surface area contributed by atoms with Crippen molar-refractivity contribution in [2.45, 2.75) is 13.3 Å². The molecular formula is C15H16N4O2S. The predicted molar refractivity (Wildman–Crippen MR) is 85.9 cm³/mol. The Balaban J connectivity index is 1.78. The summed E-state index contributed by atoms with van der Waals surface area (Å²) in [6, 6.07) is 5.32. The number of anilines is 1. The van der Waals surface area contributed by atoms with E-state index in [4.69, 9.17) is 5.73 Å². The van der Waals surface area contributed by atoms with Gasteiger partial charge >= 0.3 is 6.03 Å². The van der Waals surface area contributed by atoms with Gasteiger partial charge < -0.3 is 10.6 Å². The number of nitrogens with zero attached hydrogens (tertiary/aromatic N) is 2. The molecule has 0 aliphatic carbocycles. The number of hydrogen-bond donors (Lipinski definition) is 2. The first-order valence-electron chi connectivity index (χ1n) is 6.92. The smallest absolute Gasteiger partial charge is 0.318 e. The van der Waals surface area contributed by atoms with Crippen molar-refractivity contribution in [3.05, 3.63) is 34.2 Å². The van der Waals surface area contributed by atoms with Crippen molar-refractivity contribution in [1.29, 1.82) is 0 Å². The number of imide groups is 1. The van der Waals surface area contributed by atoms with Crippen molar-refractivity contribution in [1.82, 2.24) is 10.3 Å². The van der Waals surface area contributed by atoms with Crippen molar-refractivity contribution in [3.8, 4) is 11.3 Å². The molecule has 1 aliphatic rings. The summed E-state index contributed by atoms with van der Waals surface area (Å²) >= 11 is 1.63. The molecular weight excluding hydrogens is 300 g/mol. The van der Waals surface area contributed by atoms with Crippen LogP contribution in [-0.4, -0.2) is 30.0 Å². The summed E-state index contributed by atoms with van der Waals surface area (Å²) in [5.74, 6) is -0.389. The van der Waals surface area contributed by atoms with E-state index >= 15 is 0 Å². The molecule has 3 N–H and O–H groups in total. The maximum absolute atomic E-state index is 11.6. The van der Waals surface area contributed by atoms with Crippen molar-refractivity contribution >= 4 is 29.0 Å². The Labute approximate surface area is 132 Å². The Kier molecular flexibility index (Phi) is 3.81. The van der Waals surface area contributed by atoms with Gasteiger partial charge in [0, 0.05) is 23.2 Å². The zero-order valence-electron chi connectivity index (χ0n) is 12.1. The van der Waals surface area contributed by atoms with E-state index < -0.39 is 6.03 Å². The lowest BCUT2D eigenvalue weighted by Gasteiger charge is -2.18. The van der Waals surface area contributed by atoms with Crippen LogP contribution in [0.1, 0.15) is 10.6 Å². The molecule has 1 aliphatic heterocycles. The van der Waals surface area contributed by atoms with Crippen LogP contribution in [0.15, 0.2) is 23.6 Å². The molecule has 0 atom stereocenters. The SMILES string of the molecule is Cc1nc(-c2ccc3c(c2)CCN3CC(=O)NC(N)=O)cs1. The van der Waals surface area contributed by atoms with Gasteiger partial charge in [-0.25, -0.2) is 9.78 Å². The van der Waals surface area contributed by atoms with Crippen molar-refractivity contribution in [2.75, 3.05) is 18.0 Å². The topological polar surface area (TPSA) is 88.3 Å². The minimum absolute atomic E-state index is 0.130. The quantitative estimate of drug-likeness (QED) is 0.901. The molecule has 2 heterocycles. The molecule has 0 spiro atoms. The number of hydrogen-bond acceptors (Lipinski definition) is 5. The van der Waals surface area contributed by atoms with Gasteiger partial charge in [0.25, 0.3) is 0 Å². The highest BCUT2D eigenvalue weighted by atomic mass is 32.1. The lowest BCUT2D eigenvalue weighted by molar-refractivity contribution is -0.118. The van der Waals surface area contributed by atoms with Gasteiger partial charge in [0.2, 0.25) is 5.91 Å². The number of urea groups is 1. The van der Waals surface area contributed by atoms with Gasteiger partial charge in [0.1, 0.15) is 0 Å². The van der Waals surface area contributed by atoms with Crippen molar-refractivity contribution < 1.29 is 9.59 Å². The zero-order valence-corrected chi connectivity index (χ0v) is 12.9. The lowest BCUT2D eigenvalue weighted by atomic mass is 10.1.